The van der Waals surface area contributed by atoms with Crippen molar-refractivity contribution in [2.75, 3.05) is 25.2 Å². The number of anilines is 1. The average Bonchev–Trinajstić information content (AvgIpc) is 2.66. The van der Waals surface area contributed by atoms with E-state index >= 15 is 0 Å². The Bertz CT molecular complexity index is 873. The molecule has 1 N–H and O–H groups in total. The predicted molar refractivity (Wildman–Crippen MR) is 111 cm³/mol. The summed E-state index contributed by atoms with van der Waals surface area (Å²) in [5, 5.41) is 3.14. The summed E-state index contributed by atoms with van der Waals surface area (Å²) in [6.07, 6.45) is -1.01. The minimum absolute atomic E-state index is 0.0672. The number of carbonyl (C=O) groups is 3. The number of hydrogen-bond acceptors (Lipinski definition) is 5. The van der Waals surface area contributed by atoms with E-state index in [1.807, 2.05) is 0 Å². The van der Waals surface area contributed by atoms with E-state index in [0.717, 1.165) is 0 Å². The van der Waals surface area contributed by atoms with Gasteiger partial charge in [-0.1, -0.05) is 29.8 Å². The van der Waals surface area contributed by atoms with Crippen LogP contribution >= 0.6 is 23.4 Å². The van der Waals surface area contributed by atoms with Crippen LogP contribution in [0.3, 0.4) is 0 Å². The van der Waals surface area contributed by atoms with Gasteiger partial charge in [-0.3, -0.25) is 9.59 Å². The summed E-state index contributed by atoms with van der Waals surface area (Å²) < 4.78 is 5.30. The van der Waals surface area contributed by atoms with Crippen LogP contribution in [0.4, 0.5) is 5.69 Å². The Kier molecular flexibility index (Phi) is 7.90. The Morgan fingerprint density at radius 3 is 2.54 bits per heavy atom. The van der Waals surface area contributed by atoms with E-state index in [9.17, 15) is 14.4 Å². The number of amides is 2. The first-order valence-corrected chi connectivity index (χ1v) is 9.83. The molecule has 0 unspecified atom stereocenters. The lowest BCUT2D eigenvalue weighted by Crippen LogP contribution is -2.30. The van der Waals surface area contributed by atoms with Crippen molar-refractivity contribution in [3.63, 3.8) is 0 Å². The highest BCUT2D eigenvalue weighted by molar-refractivity contribution is 8.00. The molecule has 0 heterocycles. The predicted octanol–water partition coefficient (Wildman–Crippen LogP) is 3.70. The van der Waals surface area contributed by atoms with Crippen LogP contribution in [0, 0.1) is 0 Å². The first kappa shape index (κ1) is 21.8. The van der Waals surface area contributed by atoms with Gasteiger partial charge in [-0.05, 0) is 37.3 Å². The Morgan fingerprint density at radius 2 is 1.86 bits per heavy atom. The Hall–Kier alpha value is -2.51. The molecule has 148 valence electrons. The van der Waals surface area contributed by atoms with Crippen molar-refractivity contribution in [3.05, 3.63) is 59.1 Å². The van der Waals surface area contributed by atoms with Crippen LogP contribution in [-0.2, 0) is 14.3 Å². The largest absolute Gasteiger partial charge is 0.449 e. The zero-order chi connectivity index (χ0) is 20.7. The maximum absolute atomic E-state index is 12.5. The third kappa shape index (κ3) is 6.28. The van der Waals surface area contributed by atoms with E-state index in [2.05, 4.69) is 5.32 Å². The Morgan fingerprint density at radius 1 is 1.14 bits per heavy atom. The number of halogens is 1. The molecule has 6 nitrogen and oxygen atoms in total. The molecule has 0 radical (unpaired) electrons. The van der Waals surface area contributed by atoms with Crippen molar-refractivity contribution in [3.8, 4) is 0 Å². The fourth-order valence-electron chi connectivity index (χ4n) is 2.12. The standard InChI is InChI=1S/C20H21ClN2O4S/c1-13(19(25)22-15-8-6-7-14(21)11-15)27-20(26)16-9-4-5-10-17(16)28-12-18(24)23(2)3/h4-11,13H,12H2,1-3H3,(H,22,25)/t13-/m0/s1. The molecule has 2 aromatic rings. The summed E-state index contributed by atoms with van der Waals surface area (Å²) in [7, 11) is 3.34. The molecular formula is C20H21ClN2O4S. The second-order valence-electron chi connectivity index (χ2n) is 6.12. The second-order valence-corrected chi connectivity index (χ2v) is 7.57. The van der Waals surface area contributed by atoms with Gasteiger partial charge in [0.25, 0.3) is 5.91 Å². The number of hydrogen-bond donors (Lipinski definition) is 1. The highest BCUT2D eigenvalue weighted by atomic mass is 35.5. The van der Waals surface area contributed by atoms with Gasteiger partial charge in [-0.2, -0.15) is 0 Å². The van der Waals surface area contributed by atoms with Gasteiger partial charge < -0.3 is 15.0 Å². The smallest absolute Gasteiger partial charge is 0.340 e. The lowest BCUT2D eigenvalue weighted by atomic mass is 10.2. The van der Waals surface area contributed by atoms with Crippen LogP contribution in [0.25, 0.3) is 0 Å². The number of carbonyl (C=O) groups excluding carboxylic acids is 3. The number of thioether (sulfide) groups is 1. The molecule has 0 saturated heterocycles. The molecule has 2 amide bonds. The fourth-order valence-corrected chi connectivity index (χ4v) is 3.33. The normalized spacial score (nSPS) is 11.4. The highest BCUT2D eigenvalue weighted by Crippen LogP contribution is 2.24. The molecule has 2 aromatic carbocycles. The first-order chi connectivity index (χ1) is 13.3. The van der Waals surface area contributed by atoms with Crippen LogP contribution in [0.5, 0.6) is 0 Å². The topological polar surface area (TPSA) is 75.7 Å². The number of esters is 1. The minimum atomic E-state index is -1.01. The van der Waals surface area contributed by atoms with Crippen LogP contribution in [0.1, 0.15) is 17.3 Å². The number of ether oxygens (including phenoxy) is 1. The summed E-state index contributed by atoms with van der Waals surface area (Å²) in [5.74, 6) is -0.970. The Labute approximate surface area is 173 Å². The van der Waals surface area contributed by atoms with Gasteiger partial charge in [0, 0.05) is 29.7 Å². The van der Waals surface area contributed by atoms with Gasteiger partial charge >= 0.3 is 5.97 Å². The fraction of sp³-hybridized carbons (Fsp3) is 0.250. The average molecular weight is 421 g/mol. The summed E-state index contributed by atoms with van der Waals surface area (Å²) in [6, 6.07) is 13.5. The third-order valence-electron chi connectivity index (χ3n) is 3.70. The maximum Gasteiger partial charge on any atom is 0.340 e. The van der Waals surface area contributed by atoms with Crippen molar-refractivity contribution in [2.45, 2.75) is 17.9 Å². The summed E-state index contributed by atoms with van der Waals surface area (Å²) >= 11 is 7.14. The lowest BCUT2D eigenvalue weighted by Gasteiger charge is -2.15. The molecule has 0 bridgehead atoms. The van der Waals surface area contributed by atoms with Crippen molar-refractivity contribution in [1.29, 1.82) is 0 Å². The van der Waals surface area contributed by atoms with Gasteiger partial charge in [0.2, 0.25) is 5.91 Å². The minimum Gasteiger partial charge on any atom is -0.449 e. The van der Waals surface area contributed by atoms with Gasteiger partial charge in [-0.25, -0.2) is 4.79 Å². The summed E-state index contributed by atoms with van der Waals surface area (Å²) in [6.45, 7) is 1.49. The molecule has 8 heteroatoms. The lowest BCUT2D eigenvalue weighted by molar-refractivity contribution is -0.126. The molecule has 0 aliphatic heterocycles. The van der Waals surface area contributed by atoms with Crippen LogP contribution in [-0.4, -0.2) is 48.6 Å². The van der Waals surface area contributed by atoms with E-state index in [0.29, 0.717) is 21.2 Å². The van der Waals surface area contributed by atoms with Crippen LogP contribution < -0.4 is 5.32 Å². The number of benzene rings is 2. The van der Waals surface area contributed by atoms with Crippen LogP contribution in [0.2, 0.25) is 5.02 Å². The van der Waals surface area contributed by atoms with E-state index in [4.69, 9.17) is 16.3 Å². The molecule has 0 saturated carbocycles. The van der Waals surface area contributed by atoms with Gasteiger partial charge in [0.05, 0.1) is 11.3 Å². The second kappa shape index (κ2) is 10.1. The monoisotopic (exact) mass is 420 g/mol. The SMILES string of the molecule is C[C@H](OC(=O)c1ccccc1SCC(=O)N(C)C)C(=O)Nc1cccc(Cl)c1. The molecule has 0 aromatic heterocycles. The van der Waals surface area contributed by atoms with E-state index in [1.165, 1.54) is 23.6 Å². The molecule has 1 atom stereocenters. The van der Waals surface area contributed by atoms with Crippen molar-refractivity contribution < 1.29 is 19.1 Å². The molecule has 0 aliphatic rings. The van der Waals surface area contributed by atoms with Crippen molar-refractivity contribution >= 4 is 46.8 Å². The van der Waals surface area contributed by atoms with E-state index in [1.54, 1.807) is 62.6 Å². The molecule has 0 aliphatic carbocycles. The highest BCUT2D eigenvalue weighted by Gasteiger charge is 2.21. The zero-order valence-electron chi connectivity index (χ0n) is 15.8. The summed E-state index contributed by atoms with van der Waals surface area (Å²) in [4.78, 5) is 38.7. The van der Waals surface area contributed by atoms with E-state index in [-0.39, 0.29) is 11.7 Å². The maximum atomic E-state index is 12.5. The zero-order valence-corrected chi connectivity index (χ0v) is 17.3. The van der Waals surface area contributed by atoms with E-state index < -0.39 is 18.0 Å². The molecule has 28 heavy (non-hydrogen) atoms. The summed E-state index contributed by atoms with van der Waals surface area (Å²) in [5.41, 5.74) is 0.819. The molecule has 0 fully saturated rings. The third-order valence-corrected chi connectivity index (χ3v) is 5.00. The van der Waals surface area contributed by atoms with Gasteiger partial charge in [0.15, 0.2) is 6.10 Å². The molecular weight excluding hydrogens is 400 g/mol. The molecule has 2 rings (SSSR count). The van der Waals surface area contributed by atoms with Crippen molar-refractivity contribution in [1.82, 2.24) is 4.90 Å². The van der Waals surface area contributed by atoms with Gasteiger partial charge in [0.1, 0.15) is 0 Å². The number of nitrogens with zero attached hydrogens (tertiary/aromatic N) is 1. The van der Waals surface area contributed by atoms with Crippen LogP contribution in [0.15, 0.2) is 53.4 Å². The number of nitrogens with one attached hydrogen (secondary N) is 1. The first-order valence-electron chi connectivity index (χ1n) is 8.47. The van der Waals surface area contributed by atoms with Gasteiger partial charge in [-0.15, -0.1) is 11.8 Å². The molecule has 0 spiro atoms. The Balaban J connectivity index is 2.01. The number of rotatable bonds is 7. The van der Waals surface area contributed by atoms with Crippen molar-refractivity contribution in [2.24, 2.45) is 0 Å². The quantitative estimate of drug-likeness (QED) is 0.546.